The van der Waals surface area contributed by atoms with E-state index in [1.807, 2.05) is 36.5 Å². The predicted molar refractivity (Wildman–Crippen MR) is 98.7 cm³/mol. The van der Waals surface area contributed by atoms with Crippen molar-refractivity contribution >= 4 is 5.78 Å². The summed E-state index contributed by atoms with van der Waals surface area (Å²) < 4.78 is 0. The molecule has 2 aliphatic rings. The molecule has 1 aromatic carbocycles. The number of fused-ring (bicyclic) bond motifs is 1. The molecule has 1 saturated heterocycles. The van der Waals surface area contributed by atoms with E-state index < -0.39 is 0 Å². The van der Waals surface area contributed by atoms with Crippen LogP contribution in [-0.2, 0) is 6.42 Å². The third kappa shape index (κ3) is 3.24. The molecular weight excluding hydrogens is 310 g/mol. The number of piperazine rings is 1. The molecule has 2 atom stereocenters. The van der Waals surface area contributed by atoms with E-state index in [2.05, 4.69) is 33.8 Å². The largest absolute Gasteiger partial charge is 0.293 e. The normalized spacial score (nSPS) is 23.2. The van der Waals surface area contributed by atoms with Crippen LogP contribution in [0.15, 0.2) is 48.7 Å². The highest BCUT2D eigenvalue weighted by atomic mass is 16.1. The van der Waals surface area contributed by atoms with Crippen molar-refractivity contribution in [3.63, 3.8) is 0 Å². The van der Waals surface area contributed by atoms with Gasteiger partial charge in [-0.2, -0.15) is 0 Å². The zero-order valence-corrected chi connectivity index (χ0v) is 14.8. The van der Waals surface area contributed by atoms with Crippen molar-refractivity contribution in [3.05, 3.63) is 65.5 Å². The first-order chi connectivity index (χ1) is 12.2. The van der Waals surface area contributed by atoms with Gasteiger partial charge in [0.2, 0.25) is 0 Å². The van der Waals surface area contributed by atoms with Crippen LogP contribution in [0.3, 0.4) is 0 Å². The Kier molecular flexibility index (Phi) is 4.64. The lowest BCUT2D eigenvalue weighted by Crippen LogP contribution is -2.54. The summed E-state index contributed by atoms with van der Waals surface area (Å²) in [6.07, 6.45) is 3.82. The van der Waals surface area contributed by atoms with Crippen LogP contribution in [0.2, 0.25) is 0 Å². The summed E-state index contributed by atoms with van der Waals surface area (Å²) in [4.78, 5) is 22.2. The second-order valence-corrected chi connectivity index (χ2v) is 7.08. The Hall–Kier alpha value is -2.04. The Balaban J connectivity index is 1.40. The number of pyridine rings is 1. The zero-order chi connectivity index (χ0) is 17.2. The number of hydrogen-bond donors (Lipinski definition) is 0. The van der Waals surface area contributed by atoms with Gasteiger partial charge in [-0.25, -0.2) is 0 Å². The topological polar surface area (TPSA) is 36.4 Å². The molecule has 2 heterocycles. The van der Waals surface area contributed by atoms with Gasteiger partial charge in [0.15, 0.2) is 5.78 Å². The summed E-state index contributed by atoms with van der Waals surface area (Å²) in [5.74, 6) is 0.313. The first-order valence-corrected chi connectivity index (χ1v) is 9.25. The van der Waals surface area contributed by atoms with Crippen molar-refractivity contribution < 1.29 is 4.79 Å². The number of hydrogen-bond acceptors (Lipinski definition) is 4. The van der Waals surface area contributed by atoms with Crippen molar-refractivity contribution in [2.24, 2.45) is 0 Å². The number of Topliss-reactive ketones (excluding diaryl/α,β-unsaturated/α-hetero) is 1. The van der Waals surface area contributed by atoms with E-state index in [1.165, 1.54) is 5.56 Å². The first-order valence-electron chi connectivity index (χ1n) is 9.25. The molecular formula is C21H25N3O. The van der Waals surface area contributed by atoms with Gasteiger partial charge in [0.1, 0.15) is 0 Å². The molecule has 1 aliphatic heterocycles. The van der Waals surface area contributed by atoms with Crippen LogP contribution < -0.4 is 0 Å². The second kappa shape index (κ2) is 7.06. The number of aryl methyl sites for hydroxylation is 1. The number of benzene rings is 1. The molecule has 0 bridgehead atoms. The number of carbonyl (C=O) groups excluding carboxylic acids is 1. The van der Waals surface area contributed by atoms with E-state index in [1.54, 1.807) is 0 Å². The van der Waals surface area contributed by atoms with Crippen molar-refractivity contribution in [2.75, 3.05) is 26.2 Å². The molecule has 2 aromatic rings. The van der Waals surface area contributed by atoms with Gasteiger partial charge in [0.05, 0.1) is 11.7 Å². The molecule has 1 fully saturated rings. The Morgan fingerprint density at radius 1 is 1.04 bits per heavy atom. The van der Waals surface area contributed by atoms with Crippen LogP contribution in [0, 0.1) is 0 Å². The van der Waals surface area contributed by atoms with Gasteiger partial charge in [-0.05, 0) is 37.5 Å². The summed E-state index contributed by atoms with van der Waals surface area (Å²) in [5.41, 5.74) is 3.27. The van der Waals surface area contributed by atoms with Gasteiger partial charge in [-0.15, -0.1) is 0 Å². The van der Waals surface area contributed by atoms with Gasteiger partial charge in [0.25, 0.3) is 0 Å². The van der Waals surface area contributed by atoms with Crippen LogP contribution in [0.4, 0.5) is 0 Å². The molecule has 25 heavy (non-hydrogen) atoms. The van der Waals surface area contributed by atoms with Gasteiger partial charge < -0.3 is 0 Å². The highest BCUT2D eigenvalue weighted by Gasteiger charge is 2.34. The van der Waals surface area contributed by atoms with E-state index in [0.29, 0.717) is 11.8 Å². The molecule has 4 rings (SSSR count). The number of nitrogens with zero attached hydrogens (tertiary/aromatic N) is 3. The maximum atomic E-state index is 12.9. The maximum absolute atomic E-state index is 12.9. The quantitative estimate of drug-likeness (QED) is 0.864. The number of rotatable bonds is 3. The molecule has 0 amide bonds. The summed E-state index contributed by atoms with van der Waals surface area (Å²) in [6, 6.07) is 14.6. The highest BCUT2D eigenvalue weighted by Crippen LogP contribution is 2.27. The van der Waals surface area contributed by atoms with Crippen LogP contribution >= 0.6 is 0 Å². The molecule has 2 unspecified atom stereocenters. The standard InChI is InChI=1S/C21H25N3O/c1-16(19-8-4-5-11-22-19)23-12-14-24(15-13-23)20-10-9-17-6-2-3-7-18(17)21(20)25/h2-8,11,16,20H,9-10,12-15H2,1H3. The summed E-state index contributed by atoms with van der Waals surface area (Å²) >= 11 is 0. The molecule has 0 spiro atoms. The fourth-order valence-electron chi connectivity index (χ4n) is 4.18. The van der Waals surface area contributed by atoms with Crippen molar-refractivity contribution in [1.82, 2.24) is 14.8 Å². The van der Waals surface area contributed by atoms with Crippen molar-refractivity contribution in [1.29, 1.82) is 0 Å². The minimum absolute atomic E-state index is 0.0576. The zero-order valence-electron chi connectivity index (χ0n) is 14.8. The fourth-order valence-corrected chi connectivity index (χ4v) is 4.18. The van der Waals surface area contributed by atoms with Crippen LogP contribution in [0.1, 0.15) is 41.0 Å². The molecule has 1 aromatic heterocycles. The SMILES string of the molecule is CC(c1ccccn1)N1CCN(C2CCc3ccccc3C2=O)CC1. The molecule has 0 N–H and O–H groups in total. The summed E-state index contributed by atoms with van der Waals surface area (Å²) in [5, 5.41) is 0. The van der Waals surface area contributed by atoms with Crippen molar-refractivity contribution in [2.45, 2.75) is 31.8 Å². The molecule has 0 radical (unpaired) electrons. The summed E-state index contributed by atoms with van der Waals surface area (Å²) in [7, 11) is 0. The van der Waals surface area contributed by atoms with E-state index in [4.69, 9.17) is 0 Å². The van der Waals surface area contributed by atoms with E-state index >= 15 is 0 Å². The van der Waals surface area contributed by atoms with E-state index in [9.17, 15) is 4.79 Å². The lowest BCUT2D eigenvalue weighted by Gasteiger charge is -2.42. The second-order valence-electron chi connectivity index (χ2n) is 7.08. The molecule has 4 heteroatoms. The average Bonchev–Trinajstić information content (AvgIpc) is 2.69. The third-order valence-corrected chi connectivity index (χ3v) is 5.73. The first kappa shape index (κ1) is 16.4. The van der Waals surface area contributed by atoms with Gasteiger partial charge in [0, 0.05) is 44.0 Å². The fraction of sp³-hybridized carbons (Fsp3) is 0.429. The van der Waals surface area contributed by atoms with Crippen molar-refractivity contribution in [3.8, 4) is 0 Å². The number of carbonyl (C=O) groups is 1. The smallest absolute Gasteiger partial charge is 0.180 e. The van der Waals surface area contributed by atoms with Gasteiger partial charge in [-0.1, -0.05) is 30.3 Å². The Morgan fingerprint density at radius 3 is 2.56 bits per heavy atom. The van der Waals surface area contributed by atoms with Gasteiger partial charge >= 0.3 is 0 Å². The Labute approximate surface area is 149 Å². The van der Waals surface area contributed by atoms with E-state index in [0.717, 1.165) is 50.3 Å². The monoisotopic (exact) mass is 335 g/mol. The molecule has 1 aliphatic carbocycles. The average molecular weight is 335 g/mol. The maximum Gasteiger partial charge on any atom is 0.180 e. The van der Waals surface area contributed by atoms with E-state index in [-0.39, 0.29) is 6.04 Å². The Morgan fingerprint density at radius 2 is 1.80 bits per heavy atom. The third-order valence-electron chi connectivity index (χ3n) is 5.73. The van der Waals surface area contributed by atoms with Gasteiger partial charge in [-0.3, -0.25) is 19.6 Å². The van der Waals surface area contributed by atoms with Crippen LogP contribution in [-0.4, -0.2) is 52.8 Å². The minimum Gasteiger partial charge on any atom is -0.293 e. The molecule has 130 valence electrons. The number of ketones is 1. The van der Waals surface area contributed by atoms with Crippen LogP contribution in [0.5, 0.6) is 0 Å². The minimum atomic E-state index is 0.0576. The Bertz CT molecular complexity index is 738. The predicted octanol–water partition coefficient (Wildman–Crippen LogP) is 2.96. The molecule has 0 saturated carbocycles. The highest BCUT2D eigenvalue weighted by molar-refractivity contribution is 6.02. The lowest BCUT2D eigenvalue weighted by molar-refractivity contribution is 0.0541. The lowest BCUT2D eigenvalue weighted by atomic mass is 9.86. The number of aromatic nitrogens is 1. The van der Waals surface area contributed by atoms with Crippen LogP contribution in [0.25, 0.3) is 0 Å². The summed E-state index contributed by atoms with van der Waals surface area (Å²) in [6.45, 7) is 6.11. The molecule has 4 nitrogen and oxygen atoms in total.